The normalized spacial score (nSPS) is 10.9. The molecule has 0 amide bonds. The van der Waals surface area contributed by atoms with Gasteiger partial charge in [0.1, 0.15) is 5.52 Å². The molecule has 6 nitrogen and oxygen atoms in total. The van der Waals surface area contributed by atoms with E-state index in [0.717, 1.165) is 16.7 Å². The number of rotatable bonds is 2. The predicted molar refractivity (Wildman–Crippen MR) is 62.3 cm³/mol. The molecule has 2 aromatic heterocycles. The maximum atomic E-state index is 5.54. The van der Waals surface area contributed by atoms with Crippen LogP contribution in [0.1, 0.15) is 5.69 Å². The molecular formula is C11H10N6. The number of aromatic nitrogens is 5. The van der Waals surface area contributed by atoms with Crippen molar-refractivity contribution in [3.8, 4) is 5.82 Å². The van der Waals surface area contributed by atoms with Crippen LogP contribution in [0.3, 0.4) is 0 Å². The molecule has 2 heterocycles. The Labute approximate surface area is 97.1 Å². The quantitative estimate of drug-likeness (QED) is 0.694. The Balaban J connectivity index is 2.20. The molecule has 0 aliphatic carbocycles. The van der Waals surface area contributed by atoms with Crippen LogP contribution in [-0.2, 0) is 6.54 Å². The first-order chi connectivity index (χ1) is 8.38. The van der Waals surface area contributed by atoms with E-state index in [1.54, 1.807) is 17.1 Å². The van der Waals surface area contributed by atoms with Crippen molar-refractivity contribution >= 4 is 11.0 Å². The predicted octanol–water partition coefficient (Wildman–Crippen LogP) is 0.669. The number of nitrogens with two attached hydrogens (primary N) is 1. The lowest BCUT2D eigenvalue weighted by molar-refractivity contribution is 0.783. The second kappa shape index (κ2) is 3.91. The van der Waals surface area contributed by atoms with Gasteiger partial charge in [0.25, 0.3) is 0 Å². The summed E-state index contributed by atoms with van der Waals surface area (Å²) in [6.45, 7) is 0.355. The van der Waals surface area contributed by atoms with Gasteiger partial charge in [0, 0.05) is 12.7 Å². The fourth-order valence-corrected chi connectivity index (χ4v) is 1.63. The highest BCUT2D eigenvalue weighted by Gasteiger charge is 2.07. The lowest BCUT2D eigenvalue weighted by Gasteiger charge is -2.02. The highest BCUT2D eigenvalue weighted by atomic mass is 15.4. The molecule has 0 aliphatic rings. The van der Waals surface area contributed by atoms with Crippen LogP contribution in [0.5, 0.6) is 0 Å². The van der Waals surface area contributed by atoms with Gasteiger partial charge in [0.15, 0.2) is 5.82 Å². The number of nitrogens with zero attached hydrogens (tertiary/aromatic N) is 5. The maximum absolute atomic E-state index is 5.54. The first-order valence-corrected chi connectivity index (χ1v) is 5.20. The van der Waals surface area contributed by atoms with Gasteiger partial charge in [-0.3, -0.25) is 4.98 Å². The Hall–Kier alpha value is -2.34. The molecular weight excluding hydrogens is 216 g/mol. The number of hydrogen-bond acceptors (Lipinski definition) is 5. The third-order valence-electron chi connectivity index (χ3n) is 2.45. The van der Waals surface area contributed by atoms with E-state index in [-0.39, 0.29) is 0 Å². The Morgan fingerprint density at radius 3 is 2.94 bits per heavy atom. The summed E-state index contributed by atoms with van der Waals surface area (Å²) in [4.78, 5) is 8.44. The SMILES string of the molecule is NCc1cncc(-n2nnc3ccccc32)n1. The van der Waals surface area contributed by atoms with Crippen LogP contribution in [0, 0.1) is 0 Å². The van der Waals surface area contributed by atoms with Crippen LogP contribution >= 0.6 is 0 Å². The Morgan fingerprint density at radius 2 is 2.06 bits per heavy atom. The number of hydrogen-bond donors (Lipinski definition) is 1. The molecule has 84 valence electrons. The minimum absolute atomic E-state index is 0.355. The van der Waals surface area contributed by atoms with Gasteiger partial charge in [-0.05, 0) is 12.1 Å². The smallest absolute Gasteiger partial charge is 0.174 e. The first kappa shape index (κ1) is 9.86. The van der Waals surface area contributed by atoms with Gasteiger partial charge in [-0.15, -0.1) is 5.10 Å². The lowest BCUT2D eigenvalue weighted by atomic mass is 10.3. The molecule has 0 saturated heterocycles. The summed E-state index contributed by atoms with van der Waals surface area (Å²) in [5, 5.41) is 8.13. The van der Waals surface area contributed by atoms with Crippen molar-refractivity contribution < 1.29 is 0 Å². The van der Waals surface area contributed by atoms with Gasteiger partial charge in [0.2, 0.25) is 0 Å². The van der Waals surface area contributed by atoms with E-state index in [4.69, 9.17) is 5.73 Å². The second-order valence-electron chi connectivity index (χ2n) is 3.56. The monoisotopic (exact) mass is 226 g/mol. The third kappa shape index (κ3) is 1.64. The van der Waals surface area contributed by atoms with E-state index in [1.807, 2.05) is 24.3 Å². The molecule has 1 aromatic carbocycles. The minimum Gasteiger partial charge on any atom is -0.325 e. The van der Waals surface area contributed by atoms with Gasteiger partial charge in [-0.2, -0.15) is 4.68 Å². The minimum atomic E-state index is 0.355. The molecule has 0 aliphatic heterocycles. The summed E-state index contributed by atoms with van der Waals surface area (Å²) in [5.74, 6) is 0.627. The van der Waals surface area contributed by atoms with Crippen LogP contribution in [0.15, 0.2) is 36.7 Å². The fraction of sp³-hybridized carbons (Fsp3) is 0.0909. The van der Waals surface area contributed by atoms with Crippen LogP contribution in [0.4, 0.5) is 0 Å². The van der Waals surface area contributed by atoms with Crippen molar-refractivity contribution in [1.82, 2.24) is 25.0 Å². The highest BCUT2D eigenvalue weighted by molar-refractivity contribution is 5.75. The summed E-state index contributed by atoms with van der Waals surface area (Å²) >= 11 is 0. The topological polar surface area (TPSA) is 82.5 Å². The summed E-state index contributed by atoms with van der Waals surface area (Å²) in [7, 11) is 0. The average molecular weight is 226 g/mol. The van der Waals surface area contributed by atoms with E-state index in [0.29, 0.717) is 12.4 Å². The molecule has 0 spiro atoms. The molecule has 3 rings (SSSR count). The highest BCUT2D eigenvalue weighted by Crippen LogP contribution is 2.13. The molecule has 0 fully saturated rings. The van der Waals surface area contributed by atoms with Gasteiger partial charge in [0.05, 0.1) is 17.4 Å². The van der Waals surface area contributed by atoms with Crippen molar-refractivity contribution in [2.75, 3.05) is 0 Å². The van der Waals surface area contributed by atoms with Crippen LogP contribution in [0.2, 0.25) is 0 Å². The Kier molecular flexibility index (Phi) is 2.27. The third-order valence-corrected chi connectivity index (χ3v) is 2.45. The average Bonchev–Trinajstić information content (AvgIpc) is 2.82. The van der Waals surface area contributed by atoms with Crippen molar-refractivity contribution in [2.45, 2.75) is 6.54 Å². The van der Waals surface area contributed by atoms with Crippen LogP contribution in [-0.4, -0.2) is 25.0 Å². The molecule has 0 saturated carbocycles. The second-order valence-corrected chi connectivity index (χ2v) is 3.56. The zero-order chi connectivity index (χ0) is 11.7. The fourth-order valence-electron chi connectivity index (χ4n) is 1.63. The van der Waals surface area contributed by atoms with Crippen LogP contribution in [0.25, 0.3) is 16.9 Å². The van der Waals surface area contributed by atoms with Crippen LogP contribution < -0.4 is 5.73 Å². The molecule has 0 bridgehead atoms. The van der Waals surface area contributed by atoms with Crippen molar-refractivity contribution in [2.24, 2.45) is 5.73 Å². The van der Waals surface area contributed by atoms with E-state index < -0.39 is 0 Å². The van der Waals surface area contributed by atoms with Gasteiger partial charge in [-0.25, -0.2) is 4.98 Å². The lowest BCUT2D eigenvalue weighted by Crippen LogP contribution is -2.06. The van der Waals surface area contributed by atoms with Gasteiger partial charge in [-0.1, -0.05) is 17.3 Å². The van der Waals surface area contributed by atoms with Crippen molar-refractivity contribution in [1.29, 1.82) is 0 Å². The maximum Gasteiger partial charge on any atom is 0.174 e. The molecule has 0 unspecified atom stereocenters. The van der Waals surface area contributed by atoms with Crippen molar-refractivity contribution in [3.63, 3.8) is 0 Å². The Morgan fingerprint density at radius 1 is 1.18 bits per heavy atom. The van der Waals surface area contributed by atoms with E-state index in [9.17, 15) is 0 Å². The van der Waals surface area contributed by atoms with E-state index >= 15 is 0 Å². The molecule has 0 atom stereocenters. The number of benzene rings is 1. The molecule has 17 heavy (non-hydrogen) atoms. The standard InChI is InChI=1S/C11H10N6/c12-5-8-6-13-7-11(14-8)17-10-4-2-1-3-9(10)15-16-17/h1-4,6-7H,5,12H2. The van der Waals surface area contributed by atoms with Gasteiger partial charge >= 0.3 is 0 Å². The number of para-hydroxylation sites is 1. The molecule has 2 N–H and O–H groups in total. The summed E-state index contributed by atoms with van der Waals surface area (Å²) in [5.41, 5.74) is 7.99. The number of fused-ring (bicyclic) bond motifs is 1. The largest absolute Gasteiger partial charge is 0.325 e. The zero-order valence-corrected chi connectivity index (χ0v) is 8.98. The van der Waals surface area contributed by atoms with Crippen molar-refractivity contribution in [3.05, 3.63) is 42.4 Å². The summed E-state index contributed by atoms with van der Waals surface area (Å²) in [6.07, 6.45) is 3.28. The van der Waals surface area contributed by atoms with E-state index in [2.05, 4.69) is 20.3 Å². The first-order valence-electron chi connectivity index (χ1n) is 5.20. The van der Waals surface area contributed by atoms with Gasteiger partial charge < -0.3 is 5.73 Å². The molecule has 6 heteroatoms. The Bertz CT molecular complexity index is 660. The summed E-state index contributed by atoms with van der Waals surface area (Å²) < 4.78 is 1.65. The summed E-state index contributed by atoms with van der Waals surface area (Å²) in [6, 6.07) is 7.69. The molecule has 0 radical (unpaired) electrons. The zero-order valence-electron chi connectivity index (χ0n) is 8.98. The van der Waals surface area contributed by atoms with E-state index in [1.165, 1.54) is 0 Å². The molecule has 3 aromatic rings.